The first-order valence-electron chi connectivity index (χ1n) is 3.72. The molecule has 0 amide bonds. The molecule has 0 aliphatic rings. The lowest BCUT2D eigenvalue weighted by Gasteiger charge is -1.79. The van der Waals surface area contributed by atoms with Crippen LogP contribution in [-0.2, 0) is 0 Å². The van der Waals surface area contributed by atoms with E-state index >= 15 is 0 Å². The number of rotatable bonds is 2. The van der Waals surface area contributed by atoms with Crippen molar-refractivity contribution in [3.63, 3.8) is 0 Å². The minimum atomic E-state index is 1.34. The fourth-order valence-corrected chi connectivity index (χ4v) is 0.520. The Balaban J connectivity index is 0.000000162. The largest absolute Gasteiger partial charge is 0.266 e. The van der Waals surface area contributed by atoms with Gasteiger partial charge in [-0.25, -0.2) is 0 Å². The van der Waals surface area contributed by atoms with E-state index in [4.69, 9.17) is 0 Å². The first-order chi connectivity index (χ1) is 4.91. The van der Waals surface area contributed by atoms with Crippen LogP contribution in [0.25, 0.3) is 0 Å². The van der Waals surface area contributed by atoms with Crippen LogP contribution in [0.1, 0.15) is 33.1 Å². The lowest BCUT2D eigenvalue weighted by atomic mass is 10.3. The predicted octanol–water partition coefficient (Wildman–Crippen LogP) is 2.00. The number of nitrogens with zero attached hydrogens (tertiary/aromatic N) is 2. The third-order valence-electron chi connectivity index (χ3n) is 1.04. The lowest BCUT2D eigenvalue weighted by Crippen LogP contribution is -1.61. The molecule has 0 fully saturated rings. The van der Waals surface area contributed by atoms with Gasteiger partial charge in [0.25, 0.3) is 0 Å². The summed E-state index contributed by atoms with van der Waals surface area (Å²) in [4.78, 5) is 0. The molecule has 0 spiro atoms. The number of nitrogens with one attached hydrogen (secondary N) is 1. The van der Waals surface area contributed by atoms with E-state index in [2.05, 4.69) is 29.3 Å². The molecule has 0 unspecified atom stereocenters. The van der Waals surface area contributed by atoms with E-state index in [9.17, 15) is 0 Å². The standard InChI is InChI=1S/C5H12.C2H3N3/c1-3-5-4-2;1-2-4-5-3-1/h3-5H2,1-2H3;1-2H,(H,3,4,5). The summed E-state index contributed by atoms with van der Waals surface area (Å²) in [5.74, 6) is 0. The van der Waals surface area contributed by atoms with Gasteiger partial charge in [-0.1, -0.05) is 38.3 Å². The fourth-order valence-electron chi connectivity index (χ4n) is 0.520. The van der Waals surface area contributed by atoms with Crippen molar-refractivity contribution in [2.45, 2.75) is 33.1 Å². The topological polar surface area (TPSA) is 41.6 Å². The van der Waals surface area contributed by atoms with Gasteiger partial charge in [-0.05, 0) is 0 Å². The van der Waals surface area contributed by atoms with Crippen molar-refractivity contribution in [1.29, 1.82) is 0 Å². The van der Waals surface area contributed by atoms with Crippen LogP contribution in [0.4, 0.5) is 0 Å². The second-order valence-electron chi connectivity index (χ2n) is 2.01. The number of aromatic amines is 1. The minimum absolute atomic E-state index is 1.34. The van der Waals surface area contributed by atoms with E-state index in [-0.39, 0.29) is 0 Å². The van der Waals surface area contributed by atoms with E-state index in [0.717, 1.165) is 0 Å². The Kier molecular flexibility index (Phi) is 7.44. The van der Waals surface area contributed by atoms with Gasteiger partial charge < -0.3 is 0 Å². The van der Waals surface area contributed by atoms with Crippen LogP contribution in [-0.4, -0.2) is 15.4 Å². The highest BCUT2D eigenvalue weighted by Crippen LogP contribution is 1.88. The molecule has 0 bridgehead atoms. The maximum atomic E-state index is 3.42. The van der Waals surface area contributed by atoms with Crippen LogP contribution in [0, 0.1) is 0 Å². The van der Waals surface area contributed by atoms with Crippen molar-refractivity contribution in [3.05, 3.63) is 12.4 Å². The van der Waals surface area contributed by atoms with Crippen LogP contribution in [0.3, 0.4) is 0 Å². The zero-order chi connectivity index (χ0) is 7.66. The first-order valence-corrected chi connectivity index (χ1v) is 3.72. The molecule has 0 aromatic carbocycles. The number of unbranched alkanes of at least 4 members (excludes halogenated alkanes) is 2. The summed E-state index contributed by atoms with van der Waals surface area (Å²) >= 11 is 0. The molecular weight excluding hydrogens is 126 g/mol. The molecule has 0 radical (unpaired) electrons. The molecular formula is C7H15N3. The van der Waals surface area contributed by atoms with Crippen molar-refractivity contribution in [2.75, 3.05) is 0 Å². The number of hydrogen-bond donors (Lipinski definition) is 1. The second-order valence-corrected chi connectivity index (χ2v) is 2.01. The molecule has 0 aliphatic carbocycles. The smallest absolute Gasteiger partial charge is 0.0690 e. The monoisotopic (exact) mass is 141 g/mol. The van der Waals surface area contributed by atoms with Crippen molar-refractivity contribution in [3.8, 4) is 0 Å². The van der Waals surface area contributed by atoms with E-state index < -0.39 is 0 Å². The predicted molar refractivity (Wildman–Crippen MR) is 41.6 cm³/mol. The van der Waals surface area contributed by atoms with Crippen molar-refractivity contribution in [1.82, 2.24) is 15.4 Å². The average Bonchev–Trinajstić information content (AvgIpc) is 2.44. The molecule has 3 heteroatoms. The molecule has 0 aliphatic heterocycles. The van der Waals surface area contributed by atoms with Crippen molar-refractivity contribution in [2.24, 2.45) is 0 Å². The summed E-state index contributed by atoms with van der Waals surface area (Å²) in [7, 11) is 0. The highest BCUT2D eigenvalue weighted by molar-refractivity contribution is 4.54. The summed E-state index contributed by atoms with van der Waals surface area (Å²) in [5.41, 5.74) is 0. The van der Waals surface area contributed by atoms with Crippen LogP contribution >= 0.6 is 0 Å². The van der Waals surface area contributed by atoms with Crippen LogP contribution < -0.4 is 0 Å². The van der Waals surface area contributed by atoms with Gasteiger partial charge in [0.2, 0.25) is 0 Å². The summed E-state index contributed by atoms with van der Waals surface area (Å²) in [5, 5.41) is 9.26. The van der Waals surface area contributed by atoms with Gasteiger partial charge in [-0.2, -0.15) is 0 Å². The summed E-state index contributed by atoms with van der Waals surface area (Å²) in [6, 6.07) is 0. The van der Waals surface area contributed by atoms with Crippen LogP contribution in [0.2, 0.25) is 0 Å². The Morgan fingerprint density at radius 3 is 2.10 bits per heavy atom. The molecule has 1 heterocycles. The van der Waals surface area contributed by atoms with Crippen LogP contribution in [0.5, 0.6) is 0 Å². The molecule has 3 nitrogen and oxygen atoms in total. The van der Waals surface area contributed by atoms with E-state index in [0.29, 0.717) is 0 Å². The Bertz CT molecular complexity index is 95.2. The molecule has 10 heavy (non-hydrogen) atoms. The van der Waals surface area contributed by atoms with Crippen LogP contribution in [0.15, 0.2) is 12.4 Å². The molecule has 0 saturated heterocycles. The Labute approximate surface area is 61.8 Å². The summed E-state index contributed by atoms with van der Waals surface area (Å²) in [6.07, 6.45) is 7.31. The molecule has 1 aromatic rings. The third kappa shape index (κ3) is 7.14. The molecule has 0 saturated carbocycles. The normalized spacial score (nSPS) is 8.20. The van der Waals surface area contributed by atoms with Crippen molar-refractivity contribution >= 4 is 0 Å². The quantitative estimate of drug-likeness (QED) is 0.684. The van der Waals surface area contributed by atoms with Gasteiger partial charge in [0, 0.05) is 6.20 Å². The highest BCUT2D eigenvalue weighted by atomic mass is 15.3. The highest BCUT2D eigenvalue weighted by Gasteiger charge is 1.68. The zero-order valence-electron chi connectivity index (χ0n) is 6.67. The second kappa shape index (κ2) is 8.14. The average molecular weight is 141 g/mol. The fraction of sp³-hybridized carbons (Fsp3) is 0.714. The molecule has 1 rings (SSSR count). The maximum Gasteiger partial charge on any atom is 0.0690 e. The van der Waals surface area contributed by atoms with Gasteiger partial charge in [0.15, 0.2) is 0 Å². The molecule has 1 N–H and O–H groups in total. The van der Waals surface area contributed by atoms with Gasteiger partial charge in [0.05, 0.1) is 6.20 Å². The third-order valence-corrected chi connectivity index (χ3v) is 1.04. The van der Waals surface area contributed by atoms with Gasteiger partial charge in [0.1, 0.15) is 0 Å². The zero-order valence-corrected chi connectivity index (χ0v) is 6.67. The van der Waals surface area contributed by atoms with Gasteiger partial charge in [-0.15, -0.1) is 5.10 Å². The molecule has 1 aromatic heterocycles. The minimum Gasteiger partial charge on any atom is -0.266 e. The summed E-state index contributed by atoms with van der Waals surface area (Å²) in [6.45, 7) is 4.42. The Morgan fingerprint density at radius 1 is 1.30 bits per heavy atom. The van der Waals surface area contributed by atoms with E-state index in [1.54, 1.807) is 12.4 Å². The lowest BCUT2D eigenvalue weighted by molar-refractivity contribution is 0.772. The number of hydrogen-bond acceptors (Lipinski definition) is 2. The SMILES string of the molecule is CCCCC.c1c[nH]nn1. The molecule has 0 atom stereocenters. The van der Waals surface area contributed by atoms with Gasteiger partial charge in [-0.3, -0.25) is 5.10 Å². The number of H-pyrrole nitrogens is 1. The first kappa shape index (κ1) is 9.14. The Hall–Kier alpha value is -0.860. The maximum absolute atomic E-state index is 3.42. The van der Waals surface area contributed by atoms with E-state index in [1.807, 2.05) is 0 Å². The summed E-state index contributed by atoms with van der Waals surface area (Å²) < 4.78 is 0. The number of aromatic nitrogens is 3. The van der Waals surface area contributed by atoms with E-state index in [1.165, 1.54) is 19.3 Å². The van der Waals surface area contributed by atoms with Crippen molar-refractivity contribution < 1.29 is 0 Å². The molecule has 58 valence electrons. The van der Waals surface area contributed by atoms with Gasteiger partial charge >= 0.3 is 0 Å². The Morgan fingerprint density at radius 2 is 2.00 bits per heavy atom.